The number of hydrogen-bond acceptors (Lipinski definition) is 5. The SMILES string of the molecule is O=C(Cn1[nH]c(=O)ccc1=O)N1CCCC(O)(CN2CCC(F)(F)CC2)CC1. The highest BCUT2D eigenvalue weighted by Gasteiger charge is 2.38. The number of rotatable bonds is 4. The van der Waals surface area contributed by atoms with Crippen LogP contribution in [0.3, 0.4) is 0 Å². The number of likely N-dealkylation sites (tertiary alicyclic amines) is 2. The highest BCUT2D eigenvalue weighted by Crippen LogP contribution is 2.30. The summed E-state index contributed by atoms with van der Waals surface area (Å²) in [5.41, 5.74) is -1.97. The van der Waals surface area contributed by atoms with Gasteiger partial charge < -0.3 is 14.9 Å². The third-order valence-corrected chi connectivity index (χ3v) is 5.56. The Kier molecular flexibility index (Phi) is 5.99. The van der Waals surface area contributed by atoms with E-state index in [2.05, 4.69) is 5.10 Å². The molecule has 0 radical (unpaired) electrons. The number of hydrogen-bond donors (Lipinski definition) is 2. The molecule has 2 aliphatic rings. The first kappa shape index (κ1) is 20.7. The lowest BCUT2D eigenvalue weighted by molar-refractivity contribution is -0.132. The molecule has 2 aliphatic heterocycles. The van der Waals surface area contributed by atoms with Crippen molar-refractivity contribution in [1.29, 1.82) is 0 Å². The molecule has 2 N–H and O–H groups in total. The molecular weight excluding hydrogens is 374 g/mol. The molecule has 0 aromatic carbocycles. The molecule has 1 aromatic heterocycles. The number of aromatic nitrogens is 2. The van der Waals surface area contributed by atoms with E-state index in [1.165, 1.54) is 0 Å². The molecule has 2 fully saturated rings. The van der Waals surface area contributed by atoms with E-state index >= 15 is 0 Å². The van der Waals surface area contributed by atoms with Crippen molar-refractivity contribution in [3.05, 3.63) is 32.8 Å². The summed E-state index contributed by atoms with van der Waals surface area (Å²) in [6.07, 6.45) is 1.000. The predicted molar refractivity (Wildman–Crippen MR) is 97.3 cm³/mol. The quantitative estimate of drug-likeness (QED) is 0.742. The molecule has 1 amide bonds. The van der Waals surface area contributed by atoms with E-state index in [0.29, 0.717) is 38.9 Å². The zero-order valence-corrected chi connectivity index (χ0v) is 15.7. The Hall–Kier alpha value is -2.07. The lowest BCUT2D eigenvalue weighted by Gasteiger charge is -2.37. The molecule has 28 heavy (non-hydrogen) atoms. The monoisotopic (exact) mass is 400 g/mol. The van der Waals surface area contributed by atoms with Crippen molar-refractivity contribution in [1.82, 2.24) is 19.6 Å². The average Bonchev–Trinajstić information content (AvgIpc) is 2.82. The lowest BCUT2D eigenvalue weighted by atomic mass is 9.93. The van der Waals surface area contributed by atoms with Gasteiger partial charge in [0.2, 0.25) is 5.91 Å². The first-order chi connectivity index (χ1) is 13.2. The van der Waals surface area contributed by atoms with Gasteiger partial charge in [0.25, 0.3) is 17.0 Å². The fourth-order valence-electron chi connectivity index (χ4n) is 3.86. The Morgan fingerprint density at radius 2 is 1.79 bits per heavy atom. The molecule has 3 rings (SSSR count). The van der Waals surface area contributed by atoms with Gasteiger partial charge in [-0.05, 0) is 19.3 Å². The van der Waals surface area contributed by atoms with Crippen molar-refractivity contribution in [2.75, 3.05) is 32.7 Å². The topological polar surface area (TPSA) is 98.6 Å². The van der Waals surface area contributed by atoms with Gasteiger partial charge in [-0.2, -0.15) is 0 Å². The molecule has 2 saturated heterocycles. The van der Waals surface area contributed by atoms with Crippen LogP contribution in [0.25, 0.3) is 0 Å². The van der Waals surface area contributed by atoms with E-state index in [1.54, 1.807) is 4.90 Å². The smallest absolute Gasteiger partial charge is 0.265 e. The predicted octanol–water partition coefficient (Wildman–Crippen LogP) is 0.0113. The minimum Gasteiger partial charge on any atom is -0.388 e. The molecule has 0 aliphatic carbocycles. The Bertz CT molecular complexity index is 814. The highest BCUT2D eigenvalue weighted by molar-refractivity contribution is 5.75. The Morgan fingerprint density at radius 1 is 1.07 bits per heavy atom. The van der Waals surface area contributed by atoms with Crippen LogP contribution in [0, 0.1) is 0 Å². The fraction of sp³-hybridized carbons (Fsp3) is 0.722. The summed E-state index contributed by atoms with van der Waals surface area (Å²) < 4.78 is 27.6. The number of β-amino-alcohol motifs (C(OH)–C–C–N with tert-alkyl or cyclic N) is 1. The van der Waals surface area contributed by atoms with Crippen LogP contribution in [0.5, 0.6) is 0 Å². The summed E-state index contributed by atoms with van der Waals surface area (Å²) in [6, 6.07) is 2.21. The number of carbonyl (C=O) groups excluding carboxylic acids is 1. The molecule has 8 nitrogen and oxygen atoms in total. The number of aromatic amines is 1. The van der Waals surface area contributed by atoms with Crippen LogP contribution in [0.2, 0.25) is 0 Å². The third kappa shape index (κ3) is 5.26. The summed E-state index contributed by atoms with van der Waals surface area (Å²) in [4.78, 5) is 39.1. The normalized spacial score (nSPS) is 26.0. The zero-order chi connectivity index (χ0) is 20.4. The molecule has 0 saturated carbocycles. The van der Waals surface area contributed by atoms with Crippen LogP contribution in [0.15, 0.2) is 21.7 Å². The van der Waals surface area contributed by atoms with E-state index in [9.17, 15) is 28.3 Å². The van der Waals surface area contributed by atoms with Crippen molar-refractivity contribution >= 4 is 5.91 Å². The minimum atomic E-state index is -2.62. The van der Waals surface area contributed by atoms with Gasteiger partial charge >= 0.3 is 0 Å². The van der Waals surface area contributed by atoms with E-state index in [-0.39, 0.29) is 38.4 Å². The molecule has 10 heteroatoms. The molecule has 1 atom stereocenters. The number of halogens is 2. The van der Waals surface area contributed by atoms with Gasteiger partial charge in [-0.15, -0.1) is 0 Å². The number of H-pyrrole nitrogens is 1. The first-order valence-corrected chi connectivity index (χ1v) is 9.56. The van der Waals surface area contributed by atoms with Crippen molar-refractivity contribution < 1.29 is 18.7 Å². The van der Waals surface area contributed by atoms with Crippen LogP contribution < -0.4 is 11.1 Å². The number of nitrogens with zero attached hydrogens (tertiary/aromatic N) is 3. The van der Waals surface area contributed by atoms with Crippen molar-refractivity contribution in [3.8, 4) is 0 Å². The summed E-state index contributed by atoms with van der Waals surface area (Å²) in [6.45, 7) is 1.30. The second kappa shape index (κ2) is 8.12. The zero-order valence-electron chi connectivity index (χ0n) is 15.7. The van der Waals surface area contributed by atoms with Gasteiger partial charge in [0, 0.05) is 57.7 Å². The molecular formula is C18H26F2N4O4. The van der Waals surface area contributed by atoms with Gasteiger partial charge in [-0.1, -0.05) is 0 Å². The number of piperidine rings is 1. The van der Waals surface area contributed by atoms with E-state index < -0.39 is 22.6 Å². The van der Waals surface area contributed by atoms with Gasteiger partial charge in [0.1, 0.15) is 6.54 Å². The molecule has 3 heterocycles. The molecule has 1 unspecified atom stereocenters. The minimum absolute atomic E-state index is 0.197. The fourth-order valence-corrected chi connectivity index (χ4v) is 3.86. The van der Waals surface area contributed by atoms with Crippen LogP contribution >= 0.6 is 0 Å². The third-order valence-electron chi connectivity index (χ3n) is 5.56. The van der Waals surface area contributed by atoms with Gasteiger partial charge in [0.15, 0.2) is 0 Å². The Balaban J connectivity index is 1.56. The highest BCUT2D eigenvalue weighted by atomic mass is 19.3. The van der Waals surface area contributed by atoms with Crippen LogP contribution in [0.1, 0.15) is 32.1 Å². The van der Waals surface area contributed by atoms with Crippen LogP contribution in [-0.4, -0.2) is 74.8 Å². The second-order valence-corrected chi connectivity index (χ2v) is 7.82. The van der Waals surface area contributed by atoms with Crippen LogP contribution in [-0.2, 0) is 11.3 Å². The van der Waals surface area contributed by atoms with Crippen molar-refractivity contribution in [3.63, 3.8) is 0 Å². The standard InChI is InChI=1S/C18H26F2N4O4/c19-18(20)6-9-22(10-7-18)13-17(28)4-1-8-23(11-5-17)16(27)12-24-15(26)3-2-14(25)21-24/h2-3,28H,1,4-13H2,(H,21,25). The van der Waals surface area contributed by atoms with Gasteiger partial charge in [-0.25, -0.2) is 13.5 Å². The lowest BCUT2D eigenvalue weighted by Crippen LogP contribution is -2.48. The maximum Gasteiger partial charge on any atom is 0.265 e. The number of carbonyl (C=O) groups is 1. The van der Waals surface area contributed by atoms with Gasteiger partial charge in [0.05, 0.1) is 5.60 Å². The summed E-state index contributed by atoms with van der Waals surface area (Å²) in [7, 11) is 0. The molecule has 1 aromatic rings. The summed E-state index contributed by atoms with van der Waals surface area (Å²) in [5.74, 6) is -2.94. The van der Waals surface area contributed by atoms with Gasteiger partial charge in [-0.3, -0.25) is 19.5 Å². The van der Waals surface area contributed by atoms with E-state index in [1.807, 2.05) is 4.90 Å². The number of alkyl halides is 2. The summed E-state index contributed by atoms with van der Waals surface area (Å²) >= 11 is 0. The largest absolute Gasteiger partial charge is 0.388 e. The maximum absolute atomic E-state index is 13.3. The second-order valence-electron chi connectivity index (χ2n) is 7.82. The molecule has 0 bridgehead atoms. The average molecular weight is 400 g/mol. The Morgan fingerprint density at radius 3 is 2.50 bits per heavy atom. The molecule has 0 spiro atoms. The summed E-state index contributed by atoms with van der Waals surface area (Å²) in [5, 5.41) is 13.3. The number of amides is 1. The van der Waals surface area contributed by atoms with Crippen LogP contribution in [0.4, 0.5) is 8.78 Å². The van der Waals surface area contributed by atoms with E-state index in [0.717, 1.165) is 16.8 Å². The number of nitrogens with one attached hydrogen (secondary N) is 1. The van der Waals surface area contributed by atoms with Crippen molar-refractivity contribution in [2.45, 2.75) is 50.2 Å². The van der Waals surface area contributed by atoms with Crippen molar-refractivity contribution in [2.24, 2.45) is 0 Å². The van der Waals surface area contributed by atoms with E-state index in [4.69, 9.17) is 0 Å². The maximum atomic E-state index is 13.3. The Labute approximate surface area is 160 Å². The number of aliphatic hydroxyl groups is 1. The molecule has 156 valence electrons. The first-order valence-electron chi connectivity index (χ1n) is 9.56.